The van der Waals surface area contributed by atoms with E-state index in [1.54, 1.807) is 0 Å². The lowest BCUT2D eigenvalue weighted by molar-refractivity contribution is -0.156. The van der Waals surface area contributed by atoms with Gasteiger partial charge in [0.2, 0.25) is 0 Å². The van der Waals surface area contributed by atoms with Crippen LogP contribution < -0.4 is 0 Å². The number of benzene rings is 1. The van der Waals surface area contributed by atoms with E-state index in [0.29, 0.717) is 0 Å². The summed E-state index contributed by atoms with van der Waals surface area (Å²) >= 11 is 0. The van der Waals surface area contributed by atoms with Gasteiger partial charge in [0, 0.05) is 0 Å². The van der Waals surface area contributed by atoms with Crippen molar-refractivity contribution in [2.24, 2.45) is 5.41 Å². The molecule has 4 heteroatoms. The summed E-state index contributed by atoms with van der Waals surface area (Å²) in [5.74, 6) is -1.71. The Bertz CT molecular complexity index is 394. The Kier molecular flexibility index (Phi) is 3.03. The summed E-state index contributed by atoms with van der Waals surface area (Å²) in [6.45, 7) is 3.80. The molecule has 1 aromatic carbocycles. The van der Waals surface area contributed by atoms with E-state index in [9.17, 15) is 13.6 Å². The number of alkyl halides is 1. The molecule has 88 valence electrons. The predicted molar refractivity (Wildman–Crippen MR) is 56.3 cm³/mol. The Balaban J connectivity index is 3.20. The summed E-state index contributed by atoms with van der Waals surface area (Å²) in [6, 6.07) is 4.76. The predicted octanol–water partition coefficient (Wildman–Crippen LogP) is 3.12. The van der Waals surface area contributed by atoms with Crippen LogP contribution in [0.3, 0.4) is 0 Å². The largest absolute Gasteiger partial charge is 0.481 e. The molecule has 0 bridgehead atoms. The van der Waals surface area contributed by atoms with Gasteiger partial charge in [-0.2, -0.15) is 0 Å². The van der Waals surface area contributed by atoms with Gasteiger partial charge in [0.05, 0.1) is 0 Å². The zero-order chi connectivity index (χ0) is 12.6. The van der Waals surface area contributed by atoms with E-state index in [1.165, 1.54) is 32.9 Å². The summed E-state index contributed by atoms with van der Waals surface area (Å²) in [5.41, 5.74) is -3.49. The molecule has 0 aliphatic carbocycles. The van der Waals surface area contributed by atoms with E-state index >= 15 is 0 Å². The van der Waals surface area contributed by atoms with Crippen LogP contribution >= 0.6 is 0 Å². The minimum atomic E-state index is -2.06. The van der Waals surface area contributed by atoms with E-state index in [-0.39, 0.29) is 5.56 Å². The number of carboxylic acid groups (broad SMARTS) is 1. The van der Waals surface area contributed by atoms with Gasteiger partial charge in [-0.25, -0.2) is 8.78 Å². The van der Waals surface area contributed by atoms with Gasteiger partial charge in [-0.05, 0) is 38.5 Å². The lowest BCUT2D eigenvalue weighted by Crippen LogP contribution is -2.41. The topological polar surface area (TPSA) is 37.3 Å². The number of halogens is 2. The molecule has 1 rings (SSSR count). The van der Waals surface area contributed by atoms with Gasteiger partial charge in [0.25, 0.3) is 0 Å². The molecule has 0 fully saturated rings. The van der Waals surface area contributed by atoms with E-state index in [2.05, 4.69) is 0 Å². The highest BCUT2D eigenvalue weighted by Gasteiger charge is 2.48. The molecular weight excluding hydrogens is 214 g/mol. The Labute approximate surface area is 92.9 Å². The molecule has 1 atom stereocenters. The first-order chi connectivity index (χ1) is 7.19. The average Bonchev–Trinajstić information content (AvgIpc) is 2.17. The van der Waals surface area contributed by atoms with Crippen LogP contribution in [0.4, 0.5) is 8.78 Å². The van der Waals surface area contributed by atoms with Gasteiger partial charge in [-0.1, -0.05) is 12.1 Å². The monoisotopic (exact) mass is 228 g/mol. The van der Waals surface area contributed by atoms with Crippen molar-refractivity contribution in [1.29, 1.82) is 0 Å². The zero-order valence-corrected chi connectivity index (χ0v) is 9.42. The molecule has 0 spiro atoms. The lowest BCUT2D eigenvalue weighted by Gasteiger charge is -2.34. The smallest absolute Gasteiger partial charge is 0.312 e. The number of carbonyl (C=O) groups is 1. The Morgan fingerprint density at radius 2 is 1.62 bits per heavy atom. The zero-order valence-electron chi connectivity index (χ0n) is 9.42. The van der Waals surface area contributed by atoms with Gasteiger partial charge in [0.15, 0.2) is 0 Å². The van der Waals surface area contributed by atoms with Gasteiger partial charge < -0.3 is 5.11 Å². The van der Waals surface area contributed by atoms with Crippen molar-refractivity contribution in [2.75, 3.05) is 0 Å². The third-order valence-electron chi connectivity index (χ3n) is 3.09. The molecule has 2 nitrogen and oxygen atoms in total. The highest BCUT2D eigenvalue weighted by molar-refractivity contribution is 5.75. The number of hydrogen-bond acceptors (Lipinski definition) is 1. The van der Waals surface area contributed by atoms with E-state index in [1.807, 2.05) is 0 Å². The molecule has 0 heterocycles. The SMILES string of the molecule is CC(C)(C(=O)O)C(C)(F)c1ccc(F)cc1. The van der Waals surface area contributed by atoms with E-state index in [0.717, 1.165) is 12.1 Å². The fraction of sp³-hybridized carbons (Fsp3) is 0.417. The summed E-state index contributed by atoms with van der Waals surface area (Å²) in [4.78, 5) is 11.0. The Morgan fingerprint density at radius 3 is 2.00 bits per heavy atom. The lowest BCUT2D eigenvalue weighted by atomic mass is 9.73. The maximum absolute atomic E-state index is 14.5. The summed E-state index contributed by atoms with van der Waals surface area (Å²) in [5, 5.41) is 8.98. The second-order valence-electron chi connectivity index (χ2n) is 4.44. The molecule has 1 unspecified atom stereocenters. The molecule has 16 heavy (non-hydrogen) atoms. The molecule has 0 amide bonds. The van der Waals surface area contributed by atoms with Gasteiger partial charge in [-0.15, -0.1) is 0 Å². The van der Waals surface area contributed by atoms with Crippen LogP contribution in [0.25, 0.3) is 0 Å². The maximum atomic E-state index is 14.5. The fourth-order valence-corrected chi connectivity index (χ4v) is 1.32. The van der Waals surface area contributed by atoms with Crippen LogP contribution in [-0.4, -0.2) is 11.1 Å². The minimum absolute atomic E-state index is 0.154. The summed E-state index contributed by atoms with van der Waals surface area (Å²) < 4.78 is 27.2. The van der Waals surface area contributed by atoms with Crippen LogP contribution in [0, 0.1) is 11.2 Å². The van der Waals surface area contributed by atoms with Gasteiger partial charge >= 0.3 is 5.97 Å². The second-order valence-corrected chi connectivity index (χ2v) is 4.44. The molecule has 0 aromatic heterocycles. The van der Waals surface area contributed by atoms with Crippen molar-refractivity contribution < 1.29 is 18.7 Å². The number of aliphatic carboxylic acids is 1. The standard InChI is InChI=1S/C12H14F2O2/c1-11(2,10(15)16)12(3,14)8-4-6-9(13)7-5-8/h4-7H,1-3H3,(H,15,16). The first-order valence-corrected chi connectivity index (χ1v) is 4.88. The van der Waals surface area contributed by atoms with Crippen molar-refractivity contribution in [1.82, 2.24) is 0 Å². The molecule has 1 aromatic rings. The van der Waals surface area contributed by atoms with E-state index < -0.39 is 22.9 Å². The number of rotatable bonds is 3. The molecular formula is C12H14F2O2. The molecule has 1 N–H and O–H groups in total. The molecule has 0 radical (unpaired) electrons. The van der Waals surface area contributed by atoms with Crippen molar-refractivity contribution in [2.45, 2.75) is 26.4 Å². The van der Waals surface area contributed by atoms with Gasteiger partial charge in [-0.3, -0.25) is 4.79 Å². The average molecular weight is 228 g/mol. The summed E-state index contributed by atoms with van der Waals surface area (Å²) in [6.07, 6.45) is 0. The Morgan fingerprint density at radius 1 is 1.19 bits per heavy atom. The third-order valence-corrected chi connectivity index (χ3v) is 3.09. The number of hydrogen-bond donors (Lipinski definition) is 1. The van der Waals surface area contributed by atoms with Crippen LogP contribution in [0.5, 0.6) is 0 Å². The molecule has 0 saturated carbocycles. The first-order valence-electron chi connectivity index (χ1n) is 4.88. The second kappa shape index (κ2) is 3.85. The highest BCUT2D eigenvalue weighted by atomic mass is 19.1. The van der Waals surface area contributed by atoms with Crippen molar-refractivity contribution >= 4 is 5.97 Å². The minimum Gasteiger partial charge on any atom is -0.481 e. The number of carboxylic acids is 1. The third kappa shape index (κ3) is 1.92. The molecule has 0 aliphatic rings. The molecule has 0 saturated heterocycles. The van der Waals surface area contributed by atoms with Crippen LogP contribution in [-0.2, 0) is 10.5 Å². The first kappa shape index (κ1) is 12.6. The van der Waals surface area contributed by atoms with Crippen molar-refractivity contribution in [3.63, 3.8) is 0 Å². The van der Waals surface area contributed by atoms with Gasteiger partial charge in [0.1, 0.15) is 16.9 Å². The quantitative estimate of drug-likeness (QED) is 0.863. The highest BCUT2D eigenvalue weighted by Crippen LogP contribution is 2.43. The Hall–Kier alpha value is -1.45. The normalized spacial score (nSPS) is 15.6. The fourth-order valence-electron chi connectivity index (χ4n) is 1.32. The van der Waals surface area contributed by atoms with Crippen LogP contribution in [0.2, 0.25) is 0 Å². The molecule has 0 aliphatic heterocycles. The maximum Gasteiger partial charge on any atom is 0.312 e. The van der Waals surface area contributed by atoms with Crippen molar-refractivity contribution in [3.8, 4) is 0 Å². The van der Waals surface area contributed by atoms with E-state index in [4.69, 9.17) is 5.11 Å². The van der Waals surface area contributed by atoms with Crippen LogP contribution in [0.15, 0.2) is 24.3 Å². The van der Waals surface area contributed by atoms with Crippen molar-refractivity contribution in [3.05, 3.63) is 35.6 Å². The van der Waals surface area contributed by atoms with Crippen LogP contribution in [0.1, 0.15) is 26.3 Å². The summed E-state index contributed by atoms with van der Waals surface area (Å²) in [7, 11) is 0.